The van der Waals surface area contributed by atoms with Crippen molar-refractivity contribution >= 4 is 16.8 Å². The SMILES string of the molecule is COCCC(C)(O)CNC(=O)c1cccc2cc[nH]c12. The number of hydrogen-bond donors (Lipinski definition) is 3. The molecule has 0 radical (unpaired) electrons. The number of H-pyrrole nitrogens is 1. The second-order valence-electron chi connectivity index (χ2n) is 5.17. The molecule has 2 aromatic rings. The third-order valence-electron chi connectivity index (χ3n) is 3.31. The van der Waals surface area contributed by atoms with Crippen molar-refractivity contribution in [2.24, 2.45) is 0 Å². The number of carbonyl (C=O) groups is 1. The number of carbonyl (C=O) groups excluding carboxylic acids is 1. The van der Waals surface area contributed by atoms with E-state index >= 15 is 0 Å². The second kappa shape index (κ2) is 6.07. The highest BCUT2D eigenvalue weighted by Crippen LogP contribution is 2.17. The summed E-state index contributed by atoms with van der Waals surface area (Å²) in [5, 5.41) is 13.9. The number of para-hydroxylation sites is 1. The molecular formula is C15H20N2O3. The quantitative estimate of drug-likeness (QED) is 0.751. The molecule has 0 aliphatic rings. The number of nitrogens with one attached hydrogen (secondary N) is 2. The number of benzene rings is 1. The number of aromatic nitrogens is 1. The summed E-state index contributed by atoms with van der Waals surface area (Å²) < 4.78 is 4.94. The van der Waals surface area contributed by atoms with Crippen molar-refractivity contribution in [1.29, 1.82) is 0 Å². The van der Waals surface area contributed by atoms with Gasteiger partial charge < -0.3 is 20.1 Å². The molecule has 108 valence electrons. The van der Waals surface area contributed by atoms with Crippen molar-refractivity contribution in [3.63, 3.8) is 0 Å². The topological polar surface area (TPSA) is 74.3 Å². The van der Waals surface area contributed by atoms with Crippen LogP contribution in [0.2, 0.25) is 0 Å². The van der Waals surface area contributed by atoms with Crippen molar-refractivity contribution < 1.29 is 14.6 Å². The van der Waals surface area contributed by atoms with Crippen LogP contribution in [0.1, 0.15) is 23.7 Å². The van der Waals surface area contributed by atoms with E-state index in [0.717, 1.165) is 10.9 Å². The maximum Gasteiger partial charge on any atom is 0.253 e. The third-order valence-corrected chi connectivity index (χ3v) is 3.31. The van der Waals surface area contributed by atoms with Gasteiger partial charge in [-0.15, -0.1) is 0 Å². The molecule has 0 bridgehead atoms. The molecule has 3 N–H and O–H groups in total. The van der Waals surface area contributed by atoms with Crippen LogP contribution in [0.3, 0.4) is 0 Å². The fraction of sp³-hybridized carbons (Fsp3) is 0.400. The summed E-state index contributed by atoms with van der Waals surface area (Å²) >= 11 is 0. The van der Waals surface area contributed by atoms with E-state index in [4.69, 9.17) is 4.74 Å². The van der Waals surface area contributed by atoms with Crippen molar-refractivity contribution in [3.8, 4) is 0 Å². The number of hydrogen-bond acceptors (Lipinski definition) is 3. The summed E-state index contributed by atoms with van der Waals surface area (Å²) in [6.07, 6.45) is 2.27. The van der Waals surface area contributed by atoms with E-state index in [1.165, 1.54) is 0 Å². The Kier molecular flexibility index (Phi) is 4.42. The summed E-state index contributed by atoms with van der Waals surface area (Å²) in [5.41, 5.74) is 0.409. The monoisotopic (exact) mass is 276 g/mol. The van der Waals surface area contributed by atoms with Crippen LogP contribution in [0.25, 0.3) is 10.9 Å². The van der Waals surface area contributed by atoms with Gasteiger partial charge in [0.1, 0.15) is 0 Å². The Hall–Kier alpha value is -1.85. The first-order valence-corrected chi connectivity index (χ1v) is 6.59. The lowest BCUT2D eigenvalue weighted by atomic mass is 10.0. The fourth-order valence-electron chi connectivity index (χ4n) is 2.05. The number of aliphatic hydroxyl groups is 1. The zero-order chi connectivity index (χ0) is 14.6. The van der Waals surface area contributed by atoms with E-state index in [9.17, 15) is 9.90 Å². The summed E-state index contributed by atoms with van der Waals surface area (Å²) in [5.74, 6) is -0.198. The highest BCUT2D eigenvalue weighted by Gasteiger charge is 2.21. The highest BCUT2D eigenvalue weighted by atomic mass is 16.5. The molecule has 5 heteroatoms. The Morgan fingerprint density at radius 1 is 1.45 bits per heavy atom. The van der Waals surface area contributed by atoms with Crippen molar-refractivity contribution in [2.45, 2.75) is 18.9 Å². The van der Waals surface area contributed by atoms with Gasteiger partial charge in [0.15, 0.2) is 0 Å². The van der Waals surface area contributed by atoms with Gasteiger partial charge in [0.05, 0.1) is 16.7 Å². The van der Waals surface area contributed by atoms with Gasteiger partial charge in [-0.05, 0) is 19.1 Å². The molecule has 5 nitrogen and oxygen atoms in total. The number of ether oxygens (including phenoxy) is 1. The van der Waals surface area contributed by atoms with E-state index in [2.05, 4.69) is 10.3 Å². The molecule has 20 heavy (non-hydrogen) atoms. The number of methoxy groups -OCH3 is 1. The van der Waals surface area contributed by atoms with Gasteiger partial charge in [0, 0.05) is 38.3 Å². The molecule has 1 heterocycles. The zero-order valence-electron chi connectivity index (χ0n) is 11.8. The van der Waals surface area contributed by atoms with Gasteiger partial charge in [-0.1, -0.05) is 12.1 Å². The molecule has 1 unspecified atom stereocenters. The van der Waals surface area contributed by atoms with Crippen molar-refractivity contribution in [2.75, 3.05) is 20.3 Å². The molecule has 1 aromatic carbocycles. The fourth-order valence-corrected chi connectivity index (χ4v) is 2.05. The second-order valence-corrected chi connectivity index (χ2v) is 5.17. The first-order chi connectivity index (χ1) is 9.53. The largest absolute Gasteiger partial charge is 0.388 e. The summed E-state index contributed by atoms with van der Waals surface area (Å²) in [6.45, 7) is 2.32. The smallest absolute Gasteiger partial charge is 0.253 e. The lowest BCUT2D eigenvalue weighted by molar-refractivity contribution is 0.0244. The van der Waals surface area contributed by atoms with Crippen LogP contribution >= 0.6 is 0 Å². The zero-order valence-corrected chi connectivity index (χ0v) is 11.8. The van der Waals surface area contributed by atoms with Crippen LogP contribution in [0.15, 0.2) is 30.5 Å². The standard InChI is InChI=1S/C15H20N2O3/c1-15(19,7-9-20-2)10-17-14(18)12-5-3-4-11-6-8-16-13(11)12/h3-6,8,16,19H,7,9-10H2,1-2H3,(H,17,18). The van der Waals surface area contributed by atoms with Crippen LogP contribution < -0.4 is 5.32 Å². The summed E-state index contributed by atoms with van der Waals surface area (Å²) in [4.78, 5) is 15.3. The highest BCUT2D eigenvalue weighted by molar-refractivity contribution is 6.05. The molecule has 1 aromatic heterocycles. The van der Waals surface area contributed by atoms with Crippen LogP contribution in [-0.2, 0) is 4.74 Å². The maximum absolute atomic E-state index is 12.2. The molecule has 0 fully saturated rings. The molecule has 0 spiro atoms. The molecule has 0 aliphatic heterocycles. The van der Waals surface area contributed by atoms with Gasteiger partial charge in [-0.25, -0.2) is 0 Å². The minimum Gasteiger partial charge on any atom is -0.388 e. The Balaban J connectivity index is 2.03. The third kappa shape index (κ3) is 3.37. The first kappa shape index (κ1) is 14.6. The van der Waals surface area contributed by atoms with Gasteiger partial charge in [-0.2, -0.15) is 0 Å². The molecule has 0 saturated carbocycles. The Labute approximate surface area is 117 Å². The number of rotatable bonds is 6. The van der Waals surface area contributed by atoms with E-state index in [1.807, 2.05) is 18.2 Å². The van der Waals surface area contributed by atoms with E-state index < -0.39 is 5.60 Å². The summed E-state index contributed by atoms with van der Waals surface area (Å²) in [7, 11) is 1.58. The molecule has 1 atom stereocenters. The maximum atomic E-state index is 12.2. The predicted octanol–water partition coefficient (Wildman–Crippen LogP) is 1.69. The molecule has 1 amide bonds. The van der Waals surface area contributed by atoms with Crippen LogP contribution in [-0.4, -0.2) is 41.9 Å². The van der Waals surface area contributed by atoms with Crippen LogP contribution in [0.4, 0.5) is 0 Å². The molecule has 0 aliphatic carbocycles. The van der Waals surface area contributed by atoms with Gasteiger partial charge in [0.25, 0.3) is 5.91 Å². The van der Waals surface area contributed by atoms with Crippen molar-refractivity contribution in [3.05, 3.63) is 36.0 Å². The van der Waals surface area contributed by atoms with Gasteiger partial charge >= 0.3 is 0 Å². The minimum atomic E-state index is -0.977. The first-order valence-electron chi connectivity index (χ1n) is 6.59. The van der Waals surface area contributed by atoms with Gasteiger partial charge in [-0.3, -0.25) is 4.79 Å². The normalized spacial score (nSPS) is 14.2. The molecular weight excluding hydrogens is 256 g/mol. The predicted molar refractivity (Wildman–Crippen MR) is 77.7 cm³/mol. The van der Waals surface area contributed by atoms with Crippen LogP contribution in [0.5, 0.6) is 0 Å². The lowest BCUT2D eigenvalue weighted by Gasteiger charge is -2.23. The number of fused-ring (bicyclic) bond motifs is 1. The Morgan fingerprint density at radius 2 is 2.25 bits per heavy atom. The Morgan fingerprint density at radius 3 is 3.00 bits per heavy atom. The molecule has 2 rings (SSSR count). The average molecular weight is 276 g/mol. The lowest BCUT2D eigenvalue weighted by Crippen LogP contribution is -2.41. The van der Waals surface area contributed by atoms with Gasteiger partial charge in [0.2, 0.25) is 0 Å². The van der Waals surface area contributed by atoms with Crippen molar-refractivity contribution in [1.82, 2.24) is 10.3 Å². The summed E-state index contributed by atoms with van der Waals surface area (Å²) in [6, 6.07) is 7.46. The van der Waals surface area contributed by atoms with E-state index in [-0.39, 0.29) is 12.5 Å². The van der Waals surface area contributed by atoms with Crippen LogP contribution in [0, 0.1) is 0 Å². The number of amides is 1. The van der Waals surface area contributed by atoms with E-state index in [0.29, 0.717) is 18.6 Å². The minimum absolute atomic E-state index is 0.187. The number of aromatic amines is 1. The Bertz CT molecular complexity index is 590. The van der Waals surface area contributed by atoms with E-state index in [1.54, 1.807) is 26.3 Å². The average Bonchev–Trinajstić information content (AvgIpc) is 2.91. The molecule has 0 saturated heterocycles.